The van der Waals surface area contributed by atoms with E-state index in [-0.39, 0.29) is 12.8 Å². The fourth-order valence-corrected chi connectivity index (χ4v) is 4.53. The molecule has 0 N–H and O–H groups in total. The molecule has 0 bridgehead atoms. The topological polar surface area (TPSA) is 25.8 Å². The van der Waals surface area contributed by atoms with Crippen molar-refractivity contribution in [2.75, 3.05) is 0 Å². The quantitative estimate of drug-likeness (QED) is 0.827. The van der Waals surface area contributed by atoms with E-state index in [1.165, 1.54) is 35.7 Å². The van der Waals surface area contributed by atoms with Crippen molar-refractivity contribution in [1.29, 1.82) is 0 Å². The van der Waals surface area contributed by atoms with Gasteiger partial charge >= 0.3 is 0 Å². The van der Waals surface area contributed by atoms with E-state index in [0.717, 1.165) is 26.8 Å². The van der Waals surface area contributed by atoms with Crippen LogP contribution in [0.1, 0.15) is 41.4 Å². The van der Waals surface area contributed by atoms with Crippen LogP contribution in [-0.4, -0.2) is 15.3 Å². The second-order valence-electron chi connectivity index (χ2n) is 5.32. The molecule has 2 heterocycles. The van der Waals surface area contributed by atoms with Gasteiger partial charge in [-0.2, -0.15) is 4.37 Å². The van der Waals surface area contributed by atoms with E-state index >= 15 is 0 Å². The maximum Gasteiger partial charge on any atom is 0.253 e. The molecule has 0 saturated heterocycles. The first-order chi connectivity index (χ1) is 9.12. The Morgan fingerprint density at radius 1 is 1.32 bits per heavy atom. The standard InChI is InChI=1S/C13H12F2N2S2/c14-13(15)4-3-8-9(6-18-10(8)5-13)12-16-11(17-19-12)7-1-2-7/h6-7H,1-5H2. The van der Waals surface area contributed by atoms with E-state index in [4.69, 9.17) is 0 Å². The molecular weight excluding hydrogens is 286 g/mol. The summed E-state index contributed by atoms with van der Waals surface area (Å²) in [6.07, 6.45) is 2.67. The Morgan fingerprint density at radius 3 is 2.95 bits per heavy atom. The zero-order chi connectivity index (χ0) is 13.0. The van der Waals surface area contributed by atoms with Crippen LogP contribution in [0.25, 0.3) is 10.6 Å². The molecule has 0 aliphatic heterocycles. The number of aromatic nitrogens is 2. The minimum Gasteiger partial charge on any atom is -0.219 e. The van der Waals surface area contributed by atoms with Crippen molar-refractivity contribution >= 4 is 22.9 Å². The van der Waals surface area contributed by atoms with Gasteiger partial charge in [0.15, 0.2) is 0 Å². The number of hydrogen-bond acceptors (Lipinski definition) is 4. The smallest absolute Gasteiger partial charge is 0.219 e. The van der Waals surface area contributed by atoms with E-state index in [1.807, 2.05) is 5.38 Å². The van der Waals surface area contributed by atoms with Gasteiger partial charge in [0.1, 0.15) is 10.8 Å². The summed E-state index contributed by atoms with van der Waals surface area (Å²) in [5, 5.41) is 2.88. The predicted molar refractivity (Wildman–Crippen MR) is 72.2 cm³/mol. The molecule has 2 aromatic heterocycles. The highest BCUT2D eigenvalue weighted by molar-refractivity contribution is 7.12. The fraction of sp³-hybridized carbons (Fsp3) is 0.538. The summed E-state index contributed by atoms with van der Waals surface area (Å²) in [5.74, 6) is -1.04. The van der Waals surface area contributed by atoms with Gasteiger partial charge in [0.05, 0.1) is 0 Å². The molecular formula is C13H12F2N2S2. The number of hydrogen-bond donors (Lipinski definition) is 0. The number of fused-ring (bicyclic) bond motifs is 1. The molecule has 0 radical (unpaired) electrons. The number of halogens is 2. The van der Waals surface area contributed by atoms with Crippen LogP contribution in [0.2, 0.25) is 0 Å². The number of thiophene rings is 1. The summed E-state index contributed by atoms with van der Waals surface area (Å²) in [7, 11) is 0. The van der Waals surface area contributed by atoms with Gasteiger partial charge in [-0.25, -0.2) is 13.8 Å². The van der Waals surface area contributed by atoms with Crippen molar-refractivity contribution < 1.29 is 8.78 Å². The monoisotopic (exact) mass is 298 g/mol. The third-order valence-electron chi connectivity index (χ3n) is 3.76. The fourth-order valence-electron chi connectivity index (χ4n) is 2.51. The summed E-state index contributed by atoms with van der Waals surface area (Å²) < 4.78 is 31.2. The van der Waals surface area contributed by atoms with Gasteiger partial charge < -0.3 is 0 Å². The molecule has 4 rings (SSSR count). The highest BCUT2D eigenvalue weighted by atomic mass is 32.1. The molecule has 0 unspecified atom stereocenters. The van der Waals surface area contributed by atoms with Gasteiger partial charge in [0.2, 0.25) is 0 Å². The molecule has 2 aliphatic carbocycles. The Labute approximate surface area is 117 Å². The summed E-state index contributed by atoms with van der Waals surface area (Å²) in [6, 6.07) is 0. The van der Waals surface area contributed by atoms with Crippen LogP contribution >= 0.6 is 22.9 Å². The summed E-state index contributed by atoms with van der Waals surface area (Å²) in [5.41, 5.74) is 2.12. The minimum absolute atomic E-state index is 0.0436. The van der Waals surface area contributed by atoms with Crippen molar-refractivity contribution in [3.8, 4) is 10.6 Å². The van der Waals surface area contributed by atoms with Crippen LogP contribution in [0.4, 0.5) is 8.78 Å². The lowest BCUT2D eigenvalue weighted by Gasteiger charge is -2.21. The number of rotatable bonds is 2. The summed E-state index contributed by atoms with van der Waals surface area (Å²) >= 11 is 2.85. The molecule has 2 nitrogen and oxygen atoms in total. The van der Waals surface area contributed by atoms with E-state index in [1.54, 1.807) is 0 Å². The first kappa shape index (κ1) is 11.9. The molecule has 19 heavy (non-hydrogen) atoms. The Bertz CT molecular complexity index is 628. The predicted octanol–water partition coefficient (Wildman–Crippen LogP) is 4.27. The van der Waals surface area contributed by atoms with Crippen molar-refractivity contribution in [2.45, 2.75) is 43.9 Å². The van der Waals surface area contributed by atoms with Crippen LogP contribution < -0.4 is 0 Å². The number of nitrogens with zero attached hydrogens (tertiary/aromatic N) is 2. The zero-order valence-corrected chi connectivity index (χ0v) is 11.8. The minimum atomic E-state index is -2.53. The van der Waals surface area contributed by atoms with Crippen LogP contribution in [-0.2, 0) is 12.8 Å². The average Bonchev–Trinajstić information content (AvgIpc) is 2.96. The van der Waals surface area contributed by atoms with E-state index in [9.17, 15) is 8.78 Å². The maximum atomic E-state index is 13.4. The molecule has 1 fully saturated rings. The first-order valence-corrected chi connectivity index (χ1v) is 8.09. The lowest BCUT2D eigenvalue weighted by atomic mass is 9.93. The van der Waals surface area contributed by atoms with Crippen LogP contribution in [0.5, 0.6) is 0 Å². The Hall–Kier alpha value is -0.880. The zero-order valence-electron chi connectivity index (χ0n) is 10.2. The van der Waals surface area contributed by atoms with Gasteiger partial charge in [0.25, 0.3) is 5.92 Å². The molecule has 6 heteroatoms. The molecule has 2 aromatic rings. The van der Waals surface area contributed by atoms with Gasteiger partial charge in [-0.05, 0) is 36.4 Å². The average molecular weight is 298 g/mol. The second kappa shape index (κ2) is 4.06. The molecule has 1 saturated carbocycles. The van der Waals surface area contributed by atoms with Crippen molar-refractivity contribution in [2.24, 2.45) is 0 Å². The highest BCUT2D eigenvalue weighted by Gasteiger charge is 2.36. The van der Waals surface area contributed by atoms with Crippen LogP contribution in [0, 0.1) is 0 Å². The highest BCUT2D eigenvalue weighted by Crippen LogP contribution is 2.44. The third kappa shape index (κ3) is 2.10. The SMILES string of the molecule is FC1(F)CCc2c(-c3nc(C4CC4)ns3)csc2C1. The molecule has 100 valence electrons. The van der Waals surface area contributed by atoms with Crippen molar-refractivity contribution in [3.05, 3.63) is 21.6 Å². The molecule has 2 aliphatic rings. The van der Waals surface area contributed by atoms with Gasteiger partial charge in [-0.15, -0.1) is 11.3 Å². The summed E-state index contributed by atoms with van der Waals surface area (Å²) in [4.78, 5) is 5.41. The van der Waals surface area contributed by atoms with Crippen molar-refractivity contribution in [1.82, 2.24) is 9.36 Å². The molecule has 0 atom stereocenters. The largest absolute Gasteiger partial charge is 0.253 e. The molecule has 0 amide bonds. The normalized spacial score (nSPS) is 21.4. The number of alkyl halides is 2. The second-order valence-corrected chi connectivity index (χ2v) is 7.03. The van der Waals surface area contributed by atoms with Gasteiger partial charge in [0, 0.05) is 34.6 Å². The maximum absolute atomic E-state index is 13.4. The van der Waals surface area contributed by atoms with E-state index < -0.39 is 5.92 Å². The lowest BCUT2D eigenvalue weighted by molar-refractivity contribution is -0.0111. The van der Waals surface area contributed by atoms with Gasteiger partial charge in [-0.1, -0.05) is 0 Å². The van der Waals surface area contributed by atoms with E-state index in [2.05, 4.69) is 9.36 Å². The molecule has 0 spiro atoms. The Morgan fingerprint density at radius 2 is 2.16 bits per heavy atom. The third-order valence-corrected chi connectivity index (χ3v) is 5.55. The van der Waals surface area contributed by atoms with E-state index in [0.29, 0.717) is 12.3 Å². The molecule has 0 aromatic carbocycles. The Balaban J connectivity index is 1.70. The van der Waals surface area contributed by atoms with Crippen molar-refractivity contribution in [3.63, 3.8) is 0 Å². The van der Waals surface area contributed by atoms with Crippen LogP contribution in [0.15, 0.2) is 5.38 Å². The van der Waals surface area contributed by atoms with Crippen LogP contribution in [0.3, 0.4) is 0 Å². The Kier molecular flexibility index (Phi) is 2.54. The summed E-state index contributed by atoms with van der Waals surface area (Å²) in [6.45, 7) is 0. The lowest BCUT2D eigenvalue weighted by Crippen LogP contribution is -2.24. The van der Waals surface area contributed by atoms with Gasteiger partial charge in [-0.3, -0.25) is 0 Å². The first-order valence-electron chi connectivity index (χ1n) is 6.43.